The molecule has 0 saturated carbocycles. The Morgan fingerprint density at radius 1 is 1.15 bits per heavy atom. The van der Waals surface area contributed by atoms with Gasteiger partial charge in [-0.05, 0) is 12.5 Å². The molecule has 0 bridgehead atoms. The molecule has 0 spiro atoms. The summed E-state index contributed by atoms with van der Waals surface area (Å²) in [6.07, 6.45) is 0.664. The summed E-state index contributed by atoms with van der Waals surface area (Å²) >= 11 is 0. The molecule has 2 fully saturated rings. The average molecular weight is 274 g/mol. The van der Waals surface area contributed by atoms with Gasteiger partial charge in [0.05, 0.1) is 12.8 Å². The zero-order chi connectivity index (χ0) is 14.1. The van der Waals surface area contributed by atoms with Gasteiger partial charge in [0.1, 0.15) is 6.73 Å². The van der Waals surface area contributed by atoms with Gasteiger partial charge in [0.2, 0.25) is 11.8 Å². The first kappa shape index (κ1) is 13.3. The first-order valence-electron chi connectivity index (χ1n) is 6.90. The SMILES string of the molecule is C[C@H]1[C@@H](c2ccccc2)OCN1CN1C(=O)CCC1=O. The lowest BCUT2D eigenvalue weighted by atomic mass is 10.0. The number of likely N-dealkylation sites (tertiary alicyclic amines) is 1. The van der Waals surface area contributed by atoms with Gasteiger partial charge in [0.15, 0.2) is 0 Å². The lowest BCUT2D eigenvalue weighted by Crippen LogP contribution is -2.42. The van der Waals surface area contributed by atoms with E-state index in [0.29, 0.717) is 26.2 Å². The number of imide groups is 1. The molecule has 2 aliphatic rings. The third-order valence-corrected chi connectivity index (χ3v) is 4.04. The van der Waals surface area contributed by atoms with Crippen LogP contribution in [0.2, 0.25) is 0 Å². The number of nitrogens with zero attached hydrogens (tertiary/aromatic N) is 2. The van der Waals surface area contributed by atoms with Crippen molar-refractivity contribution in [2.24, 2.45) is 0 Å². The van der Waals surface area contributed by atoms with Gasteiger partial charge in [-0.15, -0.1) is 0 Å². The standard InChI is InChI=1S/C15H18N2O3/c1-11-15(12-5-3-2-4-6-12)20-10-16(11)9-17-13(18)7-8-14(17)19/h2-6,11,15H,7-10H2,1H3/t11-,15-/m0/s1. The Morgan fingerprint density at radius 2 is 1.80 bits per heavy atom. The predicted molar refractivity (Wildman–Crippen MR) is 72.4 cm³/mol. The molecule has 0 radical (unpaired) electrons. The van der Waals surface area contributed by atoms with Crippen LogP contribution in [0.5, 0.6) is 0 Å². The third-order valence-electron chi connectivity index (χ3n) is 4.04. The first-order valence-corrected chi connectivity index (χ1v) is 6.90. The second kappa shape index (κ2) is 5.34. The summed E-state index contributed by atoms with van der Waals surface area (Å²) in [6.45, 7) is 2.84. The van der Waals surface area contributed by atoms with E-state index in [1.165, 1.54) is 4.90 Å². The maximum atomic E-state index is 11.7. The van der Waals surface area contributed by atoms with Gasteiger partial charge in [-0.3, -0.25) is 19.4 Å². The van der Waals surface area contributed by atoms with E-state index in [2.05, 4.69) is 6.92 Å². The van der Waals surface area contributed by atoms with Crippen molar-refractivity contribution in [3.63, 3.8) is 0 Å². The van der Waals surface area contributed by atoms with Gasteiger partial charge in [0, 0.05) is 18.9 Å². The summed E-state index contributed by atoms with van der Waals surface area (Å²) in [5.41, 5.74) is 1.13. The fraction of sp³-hybridized carbons (Fsp3) is 0.467. The average Bonchev–Trinajstić information content (AvgIpc) is 2.98. The summed E-state index contributed by atoms with van der Waals surface area (Å²) in [7, 11) is 0. The van der Waals surface area contributed by atoms with E-state index in [0.717, 1.165) is 5.56 Å². The van der Waals surface area contributed by atoms with Crippen molar-refractivity contribution >= 4 is 11.8 Å². The van der Waals surface area contributed by atoms with Gasteiger partial charge in [-0.2, -0.15) is 0 Å². The monoisotopic (exact) mass is 274 g/mol. The molecule has 5 nitrogen and oxygen atoms in total. The van der Waals surface area contributed by atoms with Crippen LogP contribution in [0.3, 0.4) is 0 Å². The van der Waals surface area contributed by atoms with E-state index < -0.39 is 0 Å². The van der Waals surface area contributed by atoms with Crippen molar-refractivity contribution in [2.45, 2.75) is 31.9 Å². The molecule has 5 heteroatoms. The maximum absolute atomic E-state index is 11.7. The molecule has 2 atom stereocenters. The quantitative estimate of drug-likeness (QED) is 0.784. The zero-order valence-corrected chi connectivity index (χ0v) is 11.5. The zero-order valence-electron chi connectivity index (χ0n) is 11.5. The van der Waals surface area contributed by atoms with Crippen LogP contribution in [0.25, 0.3) is 0 Å². The molecule has 3 rings (SSSR count). The van der Waals surface area contributed by atoms with E-state index in [9.17, 15) is 9.59 Å². The number of rotatable bonds is 3. The van der Waals surface area contributed by atoms with Crippen molar-refractivity contribution in [1.82, 2.24) is 9.80 Å². The Labute approximate surface area is 118 Å². The van der Waals surface area contributed by atoms with Crippen molar-refractivity contribution in [3.8, 4) is 0 Å². The fourth-order valence-electron chi connectivity index (χ4n) is 2.77. The second-order valence-corrected chi connectivity index (χ2v) is 5.31. The Balaban J connectivity index is 1.68. The van der Waals surface area contributed by atoms with Gasteiger partial charge >= 0.3 is 0 Å². The molecule has 1 aromatic carbocycles. The normalized spacial score (nSPS) is 27.6. The Morgan fingerprint density at radius 3 is 2.45 bits per heavy atom. The van der Waals surface area contributed by atoms with E-state index >= 15 is 0 Å². The second-order valence-electron chi connectivity index (χ2n) is 5.31. The number of hydrogen-bond donors (Lipinski definition) is 0. The van der Waals surface area contributed by atoms with Gasteiger partial charge in [-0.25, -0.2) is 0 Å². The van der Waals surface area contributed by atoms with Crippen LogP contribution in [0.4, 0.5) is 0 Å². The van der Waals surface area contributed by atoms with Crippen LogP contribution in [-0.4, -0.2) is 41.1 Å². The summed E-state index contributed by atoms with van der Waals surface area (Å²) in [4.78, 5) is 26.7. The molecule has 2 saturated heterocycles. The lowest BCUT2D eigenvalue weighted by molar-refractivity contribution is -0.141. The molecule has 0 aliphatic carbocycles. The number of carbonyl (C=O) groups is 2. The molecule has 0 N–H and O–H groups in total. The Bertz CT molecular complexity index is 501. The van der Waals surface area contributed by atoms with Crippen LogP contribution in [-0.2, 0) is 14.3 Å². The van der Waals surface area contributed by atoms with Gasteiger partial charge in [0.25, 0.3) is 0 Å². The molecule has 2 heterocycles. The van der Waals surface area contributed by atoms with E-state index in [1.54, 1.807) is 0 Å². The minimum atomic E-state index is -0.0784. The van der Waals surface area contributed by atoms with Crippen molar-refractivity contribution in [1.29, 1.82) is 0 Å². The van der Waals surface area contributed by atoms with Crippen molar-refractivity contribution < 1.29 is 14.3 Å². The highest BCUT2D eigenvalue weighted by molar-refractivity contribution is 6.01. The van der Waals surface area contributed by atoms with Crippen molar-refractivity contribution in [2.75, 3.05) is 13.4 Å². The van der Waals surface area contributed by atoms with E-state index in [4.69, 9.17) is 4.74 Å². The Hall–Kier alpha value is -1.72. The summed E-state index contributed by atoms with van der Waals surface area (Å²) < 4.78 is 5.82. The fourth-order valence-corrected chi connectivity index (χ4v) is 2.77. The van der Waals surface area contributed by atoms with E-state index in [-0.39, 0.29) is 24.0 Å². The summed E-state index contributed by atoms with van der Waals surface area (Å²) in [6, 6.07) is 10.2. The molecule has 2 amide bonds. The topological polar surface area (TPSA) is 49.9 Å². The lowest BCUT2D eigenvalue weighted by Gasteiger charge is -2.26. The van der Waals surface area contributed by atoms with Crippen LogP contribution in [0, 0.1) is 0 Å². The van der Waals surface area contributed by atoms with Crippen LogP contribution in [0.1, 0.15) is 31.4 Å². The highest BCUT2D eigenvalue weighted by Gasteiger charge is 2.37. The molecular weight excluding hydrogens is 256 g/mol. The number of benzene rings is 1. The van der Waals surface area contributed by atoms with Crippen LogP contribution < -0.4 is 0 Å². The highest BCUT2D eigenvalue weighted by atomic mass is 16.5. The first-order chi connectivity index (χ1) is 9.66. The summed E-state index contributed by atoms with van der Waals surface area (Å²) in [5.74, 6) is -0.157. The number of hydrogen-bond acceptors (Lipinski definition) is 4. The maximum Gasteiger partial charge on any atom is 0.230 e. The molecule has 2 aliphatic heterocycles. The van der Waals surface area contributed by atoms with Crippen LogP contribution >= 0.6 is 0 Å². The van der Waals surface area contributed by atoms with Gasteiger partial charge in [-0.1, -0.05) is 30.3 Å². The number of carbonyl (C=O) groups excluding carboxylic acids is 2. The number of amides is 2. The highest BCUT2D eigenvalue weighted by Crippen LogP contribution is 2.31. The predicted octanol–water partition coefficient (Wildman–Crippen LogP) is 1.51. The summed E-state index contributed by atoms with van der Waals surface area (Å²) in [5, 5.41) is 0. The van der Waals surface area contributed by atoms with Gasteiger partial charge < -0.3 is 4.74 Å². The molecule has 0 aromatic heterocycles. The van der Waals surface area contributed by atoms with E-state index in [1.807, 2.05) is 35.2 Å². The molecule has 20 heavy (non-hydrogen) atoms. The van der Waals surface area contributed by atoms with Crippen molar-refractivity contribution in [3.05, 3.63) is 35.9 Å². The molecule has 106 valence electrons. The smallest absolute Gasteiger partial charge is 0.230 e. The molecule has 0 unspecified atom stereocenters. The third kappa shape index (κ3) is 2.34. The Kier molecular flexibility index (Phi) is 3.54. The molecule has 1 aromatic rings. The minimum Gasteiger partial charge on any atom is -0.356 e. The largest absolute Gasteiger partial charge is 0.356 e. The minimum absolute atomic E-state index is 0.0102. The molecular formula is C15H18N2O3. The number of ether oxygens (including phenoxy) is 1. The van der Waals surface area contributed by atoms with Crippen LogP contribution in [0.15, 0.2) is 30.3 Å².